The van der Waals surface area contributed by atoms with Gasteiger partial charge in [-0.25, -0.2) is 9.69 Å². The van der Waals surface area contributed by atoms with Crippen LogP contribution in [0.1, 0.15) is 23.9 Å². The minimum Gasteiger partial charge on any atom is -0.349 e. The van der Waals surface area contributed by atoms with Gasteiger partial charge in [-0.3, -0.25) is 9.59 Å². The van der Waals surface area contributed by atoms with Gasteiger partial charge >= 0.3 is 6.03 Å². The average Bonchev–Trinajstić information content (AvgIpc) is 3.05. The highest BCUT2D eigenvalue weighted by Crippen LogP contribution is 2.20. The Bertz CT molecular complexity index is 928. The summed E-state index contributed by atoms with van der Waals surface area (Å²) in [6.45, 7) is 6.49. The number of nitrogens with zero attached hydrogens (tertiary/aromatic N) is 2. The van der Waals surface area contributed by atoms with Gasteiger partial charge in [0, 0.05) is 23.6 Å². The van der Waals surface area contributed by atoms with E-state index in [0.29, 0.717) is 5.69 Å². The van der Waals surface area contributed by atoms with Gasteiger partial charge in [0.05, 0.1) is 0 Å². The summed E-state index contributed by atoms with van der Waals surface area (Å²) in [4.78, 5) is 37.8. The summed E-state index contributed by atoms with van der Waals surface area (Å²) in [5, 5.41) is 5.22. The predicted octanol–water partition coefficient (Wildman–Crippen LogP) is 2.66. The number of benzene rings is 1. The Morgan fingerprint density at radius 2 is 1.89 bits per heavy atom. The summed E-state index contributed by atoms with van der Waals surface area (Å²) in [6, 6.07) is 10.2. The van der Waals surface area contributed by atoms with Crippen LogP contribution in [0.5, 0.6) is 0 Å². The summed E-state index contributed by atoms with van der Waals surface area (Å²) in [5.74, 6) is -0.945. The van der Waals surface area contributed by atoms with Gasteiger partial charge in [0.1, 0.15) is 12.2 Å². The van der Waals surface area contributed by atoms with Crippen LogP contribution in [-0.2, 0) is 16.1 Å². The van der Waals surface area contributed by atoms with Crippen LogP contribution in [0.25, 0.3) is 6.08 Å². The number of urea groups is 1. The maximum absolute atomic E-state index is 12.6. The molecule has 4 amide bonds. The lowest BCUT2D eigenvalue weighted by atomic mass is 10.2. The third-order valence-electron chi connectivity index (χ3n) is 4.55. The number of hydrogen-bond acceptors (Lipinski definition) is 3. The molecular weight excluding hydrogens is 344 g/mol. The second-order valence-corrected chi connectivity index (χ2v) is 6.36. The van der Waals surface area contributed by atoms with Crippen molar-refractivity contribution in [3.8, 4) is 0 Å². The predicted molar refractivity (Wildman–Crippen MR) is 103 cm³/mol. The van der Waals surface area contributed by atoms with Crippen molar-refractivity contribution in [1.82, 2.24) is 14.8 Å². The van der Waals surface area contributed by atoms with Crippen molar-refractivity contribution in [1.29, 1.82) is 0 Å². The van der Waals surface area contributed by atoms with Crippen LogP contribution in [-0.4, -0.2) is 33.9 Å². The fourth-order valence-electron chi connectivity index (χ4n) is 3.20. The molecule has 2 aromatic rings. The molecule has 1 saturated heterocycles. The quantitative estimate of drug-likeness (QED) is 0.630. The molecule has 1 aromatic heterocycles. The number of rotatable bonds is 5. The molecule has 0 spiro atoms. The molecule has 27 heavy (non-hydrogen) atoms. The van der Waals surface area contributed by atoms with Gasteiger partial charge < -0.3 is 15.2 Å². The Morgan fingerprint density at radius 1 is 1.19 bits per heavy atom. The fraction of sp³-hybridized carbons (Fsp3) is 0.250. The van der Waals surface area contributed by atoms with E-state index in [0.717, 1.165) is 28.4 Å². The number of nitrogens with one attached hydrogen (secondary N) is 2. The smallest absolute Gasteiger partial charge is 0.329 e. The zero-order chi connectivity index (χ0) is 19.6. The molecule has 0 atom stereocenters. The van der Waals surface area contributed by atoms with Crippen LogP contribution in [0, 0.1) is 13.8 Å². The molecule has 1 aliphatic rings. The van der Waals surface area contributed by atoms with Crippen LogP contribution in [0.15, 0.2) is 42.1 Å². The van der Waals surface area contributed by atoms with E-state index in [-0.39, 0.29) is 12.2 Å². The van der Waals surface area contributed by atoms with Crippen molar-refractivity contribution in [2.24, 2.45) is 0 Å². The van der Waals surface area contributed by atoms with Crippen molar-refractivity contribution in [3.05, 3.63) is 59.0 Å². The normalized spacial score (nSPS) is 15.4. The maximum atomic E-state index is 12.6. The largest absolute Gasteiger partial charge is 0.349 e. The molecule has 1 aromatic carbocycles. The highest BCUT2D eigenvalue weighted by Gasteiger charge is 2.35. The van der Waals surface area contributed by atoms with Crippen LogP contribution < -0.4 is 10.6 Å². The number of carbonyl (C=O) groups excluding carboxylic acids is 3. The van der Waals surface area contributed by atoms with Gasteiger partial charge in [0.25, 0.3) is 5.91 Å². The lowest BCUT2D eigenvalue weighted by molar-refractivity contribution is -0.127. The molecule has 140 valence electrons. The first-order valence-corrected chi connectivity index (χ1v) is 8.77. The van der Waals surface area contributed by atoms with Crippen molar-refractivity contribution in [2.75, 3.05) is 11.9 Å². The minimum atomic E-state index is -0.598. The molecule has 0 unspecified atom stereocenters. The Labute approximate surface area is 157 Å². The third-order valence-corrected chi connectivity index (χ3v) is 4.55. The first-order chi connectivity index (χ1) is 12.9. The SMILES string of the molecule is CCn1c(C)cc(C=C2NC(=O)N(CC(=O)Nc3ccccc3)C2=O)c1C. The van der Waals surface area contributed by atoms with E-state index >= 15 is 0 Å². The van der Waals surface area contributed by atoms with E-state index in [9.17, 15) is 14.4 Å². The Kier molecular flexibility index (Phi) is 5.12. The fourth-order valence-corrected chi connectivity index (χ4v) is 3.20. The molecule has 7 nitrogen and oxygen atoms in total. The van der Waals surface area contributed by atoms with E-state index in [4.69, 9.17) is 0 Å². The lowest BCUT2D eigenvalue weighted by Gasteiger charge is -2.11. The van der Waals surface area contributed by atoms with Gasteiger partial charge in [-0.15, -0.1) is 0 Å². The molecule has 1 fully saturated rings. The summed E-state index contributed by atoms with van der Waals surface area (Å²) in [5.41, 5.74) is 3.75. The van der Waals surface area contributed by atoms with E-state index in [1.165, 1.54) is 0 Å². The second kappa shape index (κ2) is 7.49. The molecule has 0 radical (unpaired) electrons. The summed E-state index contributed by atoms with van der Waals surface area (Å²) in [7, 11) is 0. The Hall–Kier alpha value is -3.35. The lowest BCUT2D eigenvalue weighted by Crippen LogP contribution is -2.38. The summed E-state index contributed by atoms with van der Waals surface area (Å²) in [6.07, 6.45) is 1.66. The number of imide groups is 1. The topological polar surface area (TPSA) is 83.4 Å². The summed E-state index contributed by atoms with van der Waals surface area (Å²) < 4.78 is 2.12. The first-order valence-electron chi connectivity index (χ1n) is 8.77. The average molecular weight is 366 g/mol. The number of anilines is 1. The van der Waals surface area contributed by atoms with Crippen molar-refractivity contribution in [3.63, 3.8) is 0 Å². The van der Waals surface area contributed by atoms with Gasteiger partial charge in [-0.1, -0.05) is 18.2 Å². The number of para-hydroxylation sites is 1. The van der Waals surface area contributed by atoms with E-state index in [1.807, 2.05) is 32.9 Å². The van der Waals surface area contributed by atoms with Gasteiger partial charge in [-0.05, 0) is 50.6 Å². The Balaban J connectivity index is 1.74. The molecular formula is C20H22N4O3. The van der Waals surface area contributed by atoms with E-state index in [1.54, 1.807) is 30.3 Å². The third kappa shape index (κ3) is 3.76. The highest BCUT2D eigenvalue weighted by molar-refractivity contribution is 6.16. The molecule has 2 heterocycles. The first kappa shape index (κ1) is 18.4. The minimum absolute atomic E-state index is 0.170. The van der Waals surface area contributed by atoms with Crippen molar-refractivity contribution in [2.45, 2.75) is 27.3 Å². The van der Waals surface area contributed by atoms with Crippen LogP contribution >= 0.6 is 0 Å². The van der Waals surface area contributed by atoms with Crippen molar-refractivity contribution < 1.29 is 14.4 Å². The Morgan fingerprint density at radius 3 is 2.52 bits per heavy atom. The standard InChI is InChI=1S/C20H22N4O3/c1-4-23-13(2)10-15(14(23)3)11-17-19(26)24(20(27)22-17)12-18(25)21-16-8-6-5-7-9-16/h5-11H,4,12H2,1-3H3,(H,21,25)(H,22,27). The number of aryl methyl sites for hydroxylation is 1. The van der Waals surface area contributed by atoms with Gasteiger partial charge in [0.15, 0.2) is 0 Å². The molecule has 0 saturated carbocycles. The maximum Gasteiger partial charge on any atom is 0.329 e. The number of hydrogen-bond donors (Lipinski definition) is 2. The number of amides is 4. The van der Waals surface area contributed by atoms with Crippen LogP contribution in [0.3, 0.4) is 0 Å². The van der Waals surface area contributed by atoms with Crippen LogP contribution in [0.4, 0.5) is 10.5 Å². The highest BCUT2D eigenvalue weighted by atomic mass is 16.2. The molecule has 0 bridgehead atoms. The molecule has 1 aliphatic heterocycles. The van der Waals surface area contributed by atoms with E-state index in [2.05, 4.69) is 15.2 Å². The van der Waals surface area contributed by atoms with Crippen LogP contribution in [0.2, 0.25) is 0 Å². The van der Waals surface area contributed by atoms with Gasteiger partial charge in [0.2, 0.25) is 5.91 Å². The van der Waals surface area contributed by atoms with Gasteiger partial charge in [-0.2, -0.15) is 0 Å². The number of aromatic nitrogens is 1. The molecule has 7 heteroatoms. The zero-order valence-electron chi connectivity index (χ0n) is 15.6. The molecule has 0 aliphatic carbocycles. The van der Waals surface area contributed by atoms with Crippen molar-refractivity contribution >= 4 is 29.6 Å². The number of carbonyl (C=O) groups is 3. The van der Waals surface area contributed by atoms with E-state index < -0.39 is 17.8 Å². The molecule has 3 rings (SSSR count). The molecule has 2 N–H and O–H groups in total. The monoisotopic (exact) mass is 366 g/mol. The zero-order valence-corrected chi connectivity index (χ0v) is 15.6. The summed E-state index contributed by atoms with van der Waals surface area (Å²) >= 11 is 0. The second-order valence-electron chi connectivity index (χ2n) is 6.36.